The van der Waals surface area contributed by atoms with E-state index in [0.29, 0.717) is 29.1 Å². The number of benzene rings is 2. The van der Waals surface area contributed by atoms with E-state index < -0.39 is 72.2 Å². The fraction of sp³-hybridized carbons (Fsp3) is 0.459. The second kappa shape index (κ2) is 14.4. The van der Waals surface area contributed by atoms with Gasteiger partial charge in [0, 0.05) is 20.1 Å². The van der Waals surface area contributed by atoms with Gasteiger partial charge in [0.1, 0.15) is 23.7 Å². The number of aryl methyl sites for hydroxylation is 1. The number of methoxy groups -OCH3 is 1. The number of aliphatic hydroxyl groups is 1. The summed E-state index contributed by atoms with van der Waals surface area (Å²) in [4.78, 5) is 60.2. The highest BCUT2D eigenvalue weighted by atomic mass is 35.5. The predicted molar refractivity (Wildman–Crippen MR) is 182 cm³/mol. The van der Waals surface area contributed by atoms with Gasteiger partial charge in [-0.2, -0.15) is 0 Å². The van der Waals surface area contributed by atoms with Crippen LogP contribution in [0.5, 0.6) is 0 Å². The first-order chi connectivity index (χ1) is 23.7. The Morgan fingerprint density at radius 3 is 2.55 bits per heavy atom. The number of nitrogens with one attached hydrogen (secondary N) is 1. The van der Waals surface area contributed by atoms with Gasteiger partial charge >= 0.3 is 5.97 Å². The van der Waals surface area contributed by atoms with Crippen molar-refractivity contribution in [2.24, 2.45) is 11.8 Å². The second-order valence-electron chi connectivity index (χ2n) is 13.0. The molecule has 4 aliphatic heterocycles. The molecule has 2 fully saturated rings. The lowest BCUT2D eigenvalue weighted by molar-refractivity contribution is -0.162. The van der Waals surface area contributed by atoms with Crippen molar-refractivity contribution in [3.05, 3.63) is 89.0 Å². The van der Waals surface area contributed by atoms with Crippen LogP contribution in [0, 0.1) is 18.8 Å². The quantitative estimate of drug-likeness (QED) is 0.332. The summed E-state index contributed by atoms with van der Waals surface area (Å²) in [6.45, 7) is 3.41. The van der Waals surface area contributed by atoms with Gasteiger partial charge in [0.2, 0.25) is 11.8 Å². The summed E-state index contributed by atoms with van der Waals surface area (Å²) < 4.78 is 18.3. The van der Waals surface area contributed by atoms with E-state index in [1.54, 1.807) is 54.6 Å². The average molecular weight is 692 g/mol. The maximum Gasteiger partial charge on any atom is 0.313 e. The number of ether oxygens (including phenoxy) is 3. The molecular weight excluding hydrogens is 650 g/mol. The number of hydrogen-bond donors (Lipinski definition) is 2. The van der Waals surface area contributed by atoms with E-state index in [1.807, 2.05) is 32.1 Å². The molecule has 49 heavy (non-hydrogen) atoms. The molecule has 0 unspecified atom stereocenters. The van der Waals surface area contributed by atoms with Gasteiger partial charge in [-0.3, -0.25) is 19.2 Å². The summed E-state index contributed by atoms with van der Waals surface area (Å²) in [5.74, 6) is -4.10. The number of allylic oxidation sites excluding steroid dienone is 1. The molecule has 0 saturated carbocycles. The highest BCUT2D eigenvalue weighted by Gasteiger charge is 2.74. The zero-order valence-corrected chi connectivity index (χ0v) is 28.5. The number of carbonyl (C=O) groups is 4. The molecule has 12 heteroatoms. The zero-order valence-electron chi connectivity index (χ0n) is 27.8. The number of hydrogen-bond acceptors (Lipinski definition) is 8. The molecule has 0 aromatic heterocycles. The molecule has 4 heterocycles. The minimum Gasteiger partial charge on any atom is -0.455 e. The number of likely N-dealkylation sites (tertiary alicyclic amines) is 1. The van der Waals surface area contributed by atoms with E-state index in [2.05, 4.69) is 5.32 Å². The lowest BCUT2D eigenvalue weighted by atomic mass is 9.74. The number of halogens is 1. The molecule has 2 aromatic carbocycles. The summed E-state index contributed by atoms with van der Waals surface area (Å²) in [5.41, 5.74) is 0.344. The van der Waals surface area contributed by atoms with E-state index in [-0.39, 0.29) is 25.5 Å². The summed E-state index contributed by atoms with van der Waals surface area (Å²) >= 11 is 6.73. The molecule has 4 aliphatic rings. The van der Waals surface area contributed by atoms with Gasteiger partial charge in [-0.15, -0.1) is 0 Å². The van der Waals surface area contributed by atoms with Crippen LogP contribution in [0.25, 0.3) is 0 Å². The third-order valence-corrected chi connectivity index (χ3v) is 10.3. The van der Waals surface area contributed by atoms with Crippen LogP contribution >= 0.6 is 11.6 Å². The van der Waals surface area contributed by atoms with Crippen molar-refractivity contribution in [2.45, 2.75) is 69.0 Å². The van der Waals surface area contributed by atoms with Crippen molar-refractivity contribution in [1.82, 2.24) is 10.2 Å². The number of anilines is 1. The molecule has 0 aliphatic carbocycles. The molecule has 2 aromatic rings. The maximum atomic E-state index is 15.1. The standard InChI is InChI=1S/C37H42ClN3O8/c1-4-24(20-42)41-33-35(45)40(31-22(2)12-11-15-25(31)38)19-10-6-9-16-28(43)39-26(21-47-3)32(23-13-7-5-8-14-23)48-36(46)29-27-17-18-37(33,49-27)30(29)34(41)44/h5-8,10-15,17-18,24,26-27,29-30,32-33,42H,4,9,16,19-21H2,1-3H3,(H,39,43)/b10-6-/t24-,26+,27-,29+,30+,32+,33-,37+/m0/s1. The lowest BCUT2D eigenvalue weighted by Crippen LogP contribution is -2.58. The first kappa shape index (κ1) is 34.8. The Bertz CT molecular complexity index is 1620. The third-order valence-electron chi connectivity index (χ3n) is 10.0. The fourth-order valence-corrected chi connectivity index (χ4v) is 8.10. The van der Waals surface area contributed by atoms with Crippen molar-refractivity contribution < 1.29 is 38.5 Å². The third kappa shape index (κ3) is 6.18. The average Bonchev–Trinajstić information content (AvgIpc) is 3.74. The number of rotatable bonds is 7. The number of carbonyl (C=O) groups excluding carboxylic acids is 4. The molecule has 3 amide bonds. The fourth-order valence-electron chi connectivity index (χ4n) is 7.77. The van der Waals surface area contributed by atoms with Crippen molar-refractivity contribution in [1.29, 1.82) is 0 Å². The van der Waals surface area contributed by atoms with Gasteiger partial charge in [0.25, 0.3) is 5.91 Å². The number of esters is 1. The van der Waals surface area contributed by atoms with E-state index in [4.69, 9.17) is 25.8 Å². The Balaban J connectivity index is 1.50. The molecule has 8 atom stereocenters. The highest BCUT2D eigenvalue weighted by molar-refractivity contribution is 6.34. The number of cyclic esters (lactones) is 1. The van der Waals surface area contributed by atoms with Crippen LogP contribution in [0.3, 0.4) is 0 Å². The molecule has 260 valence electrons. The molecule has 1 spiro atoms. The largest absolute Gasteiger partial charge is 0.455 e. The van der Waals surface area contributed by atoms with Crippen LogP contribution in [-0.2, 0) is 33.4 Å². The van der Waals surface area contributed by atoms with Gasteiger partial charge in [-0.1, -0.05) is 85.3 Å². The molecule has 11 nitrogen and oxygen atoms in total. The Labute approximate surface area is 290 Å². The van der Waals surface area contributed by atoms with Crippen molar-refractivity contribution in [3.63, 3.8) is 0 Å². The van der Waals surface area contributed by atoms with E-state index in [9.17, 15) is 19.5 Å². The Morgan fingerprint density at radius 2 is 1.86 bits per heavy atom. The van der Waals surface area contributed by atoms with E-state index >= 15 is 4.79 Å². The molecule has 0 radical (unpaired) electrons. The molecule has 2 saturated heterocycles. The summed E-state index contributed by atoms with van der Waals surface area (Å²) in [5, 5.41) is 13.8. The van der Waals surface area contributed by atoms with Crippen LogP contribution in [0.1, 0.15) is 43.4 Å². The normalized spacial score (nSPS) is 31.4. The number of amides is 3. The first-order valence-electron chi connectivity index (χ1n) is 16.7. The number of para-hydroxylation sites is 1. The molecule has 5 bridgehead atoms. The Kier molecular flexibility index (Phi) is 10.3. The van der Waals surface area contributed by atoms with Gasteiger partial charge < -0.3 is 34.4 Å². The summed E-state index contributed by atoms with van der Waals surface area (Å²) in [6, 6.07) is 11.7. The van der Waals surface area contributed by atoms with Gasteiger partial charge in [0.15, 0.2) is 0 Å². The molecule has 6 rings (SSSR count). The predicted octanol–water partition coefficient (Wildman–Crippen LogP) is 3.67. The molecule has 2 N–H and O–H groups in total. The van der Waals surface area contributed by atoms with Crippen LogP contribution in [0.2, 0.25) is 5.02 Å². The first-order valence-corrected chi connectivity index (χ1v) is 17.1. The van der Waals surface area contributed by atoms with Crippen LogP contribution in [-0.4, -0.2) is 90.4 Å². The zero-order chi connectivity index (χ0) is 34.9. The monoisotopic (exact) mass is 691 g/mol. The van der Waals surface area contributed by atoms with Crippen LogP contribution in [0.15, 0.2) is 72.8 Å². The number of aliphatic hydroxyl groups excluding tert-OH is 1. The van der Waals surface area contributed by atoms with Gasteiger partial charge in [0.05, 0.1) is 48.0 Å². The highest BCUT2D eigenvalue weighted by Crippen LogP contribution is 2.56. The smallest absolute Gasteiger partial charge is 0.313 e. The summed E-state index contributed by atoms with van der Waals surface area (Å²) in [7, 11) is 1.50. The van der Waals surface area contributed by atoms with Gasteiger partial charge in [-0.05, 0) is 37.0 Å². The van der Waals surface area contributed by atoms with E-state index in [0.717, 1.165) is 5.56 Å². The van der Waals surface area contributed by atoms with Crippen molar-refractivity contribution in [2.75, 3.05) is 31.8 Å². The van der Waals surface area contributed by atoms with Crippen molar-refractivity contribution in [3.8, 4) is 0 Å². The lowest BCUT2D eigenvalue weighted by Gasteiger charge is -2.39. The van der Waals surface area contributed by atoms with Gasteiger partial charge in [-0.25, -0.2) is 0 Å². The minimum absolute atomic E-state index is 0.0520. The Morgan fingerprint density at radius 1 is 1.08 bits per heavy atom. The van der Waals surface area contributed by atoms with Crippen LogP contribution in [0.4, 0.5) is 5.69 Å². The van der Waals surface area contributed by atoms with E-state index in [1.165, 1.54) is 16.9 Å². The van der Waals surface area contributed by atoms with Crippen LogP contribution < -0.4 is 10.2 Å². The maximum absolute atomic E-state index is 15.1. The SMILES string of the molecule is CC[C@@H](CO)N1C(=O)[C@H]2[C@@H]3C(=O)O[C@H](c4ccccc4)[C@@H](COC)NC(=O)CC/C=C\CN(c4c(C)cccc4Cl)C(=O)[C@H]1[C@@]21C=C[C@@H]3O1. The molecular formula is C37H42ClN3O8. The Hall–Kier alpha value is -4.03. The summed E-state index contributed by atoms with van der Waals surface area (Å²) in [6.07, 6.45) is 6.12. The van der Waals surface area contributed by atoms with Crippen molar-refractivity contribution >= 4 is 41.0 Å². The number of fused-ring (bicyclic) bond motifs is 2. The minimum atomic E-state index is -1.50. The number of nitrogens with zero attached hydrogens (tertiary/aromatic N) is 2. The topological polar surface area (TPSA) is 135 Å². The second-order valence-corrected chi connectivity index (χ2v) is 13.4.